The lowest BCUT2D eigenvalue weighted by Crippen LogP contribution is -2.40. The minimum absolute atomic E-state index is 0.206. The van der Waals surface area contributed by atoms with E-state index in [1.807, 2.05) is 20.8 Å². The molecule has 4 N–H and O–H groups in total. The highest BCUT2D eigenvalue weighted by atomic mass is 35.5. The average molecular weight is 242 g/mol. The van der Waals surface area contributed by atoms with Crippen LogP contribution in [0.3, 0.4) is 0 Å². The van der Waals surface area contributed by atoms with E-state index in [2.05, 4.69) is 10.7 Å². The largest absolute Gasteiger partial charge is 0.347 e. The maximum Gasteiger partial charge on any atom is 0.253 e. The Hall–Kier alpha value is -1.26. The monoisotopic (exact) mass is 241 g/mol. The van der Waals surface area contributed by atoms with Gasteiger partial charge in [-0.2, -0.15) is 0 Å². The molecule has 0 unspecified atom stereocenters. The summed E-state index contributed by atoms with van der Waals surface area (Å²) in [6.45, 7) is 5.72. The number of benzene rings is 1. The second-order valence-electron chi connectivity index (χ2n) is 4.54. The Kier molecular flexibility index (Phi) is 3.78. The van der Waals surface area contributed by atoms with Gasteiger partial charge in [-0.25, -0.2) is 0 Å². The van der Waals surface area contributed by atoms with Crippen molar-refractivity contribution in [1.29, 1.82) is 0 Å². The number of nitrogens with one attached hydrogen (secondary N) is 2. The second kappa shape index (κ2) is 4.72. The third-order valence-corrected chi connectivity index (χ3v) is 2.11. The van der Waals surface area contributed by atoms with Gasteiger partial charge < -0.3 is 10.7 Å². The molecule has 1 amide bonds. The topological polar surface area (TPSA) is 67.2 Å². The zero-order valence-electron chi connectivity index (χ0n) is 9.60. The minimum Gasteiger partial charge on any atom is -0.347 e. The standard InChI is InChI=1S/C11H16ClN3O/c1-11(2,3)14-10(16)8-6-7(12)4-5-9(8)15-13/h4-6,15H,13H2,1-3H3,(H,14,16). The number of nitrogen functional groups attached to an aromatic ring is 1. The number of carbonyl (C=O) groups excluding carboxylic acids is 1. The lowest BCUT2D eigenvalue weighted by molar-refractivity contribution is 0.0920. The third kappa shape index (κ3) is 3.40. The van der Waals surface area contributed by atoms with Crippen molar-refractivity contribution >= 4 is 23.2 Å². The van der Waals surface area contributed by atoms with Gasteiger partial charge in [0.05, 0.1) is 11.3 Å². The SMILES string of the molecule is CC(C)(C)NC(=O)c1cc(Cl)ccc1NN. The van der Waals surface area contributed by atoms with Crippen LogP contribution >= 0.6 is 11.6 Å². The van der Waals surface area contributed by atoms with Crippen LogP contribution in [0.15, 0.2) is 18.2 Å². The highest BCUT2D eigenvalue weighted by Gasteiger charge is 2.17. The highest BCUT2D eigenvalue weighted by Crippen LogP contribution is 2.20. The predicted molar refractivity (Wildman–Crippen MR) is 66.5 cm³/mol. The number of carbonyl (C=O) groups is 1. The first-order valence-electron chi connectivity index (χ1n) is 4.92. The number of hydrazine groups is 1. The van der Waals surface area contributed by atoms with Gasteiger partial charge in [-0.05, 0) is 39.0 Å². The van der Waals surface area contributed by atoms with E-state index in [0.29, 0.717) is 16.3 Å². The van der Waals surface area contributed by atoms with E-state index in [1.165, 1.54) is 0 Å². The molecule has 0 aliphatic carbocycles. The van der Waals surface area contributed by atoms with Crippen molar-refractivity contribution in [2.45, 2.75) is 26.3 Å². The van der Waals surface area contributed by atoms with Crippen LogP contribution in [0.25, 0.3) is 0 Å². The second-order valence-corrected chi connectivity index (χ2v) is 4.97. The molecule has 0 atom stereocenters. The summed E-state index contributed by atoms with van der Waals surface area (Å²) < 4.78 is 0. The van der Waals surface area contributed by atoms with Gasteiger partial charge >= 0.3 is 0 Å². The van der Waals surface area contributed by atoms with Crippen molar-refractivity contribution in [3.8, 4) is 0 Å². The molecule has 0 fully saturated rings. The molecule has 0 aliphatic heterocycles. The van der Waals surface area contributed by atoms with Crippen molar-refractivity contribution in [1.82, 2.24) is 5.32 Å². The van der Waals surface area contributed by atoms with E-state index in [9.17, 15) is 4.79 Å². The maximum atomic E-state index is 11.9. The van der Waals surface area contributed by atoms with Crippen LogP contribution in [-0.2, 0) is 0 Å². The smallest absolute Gasteiger partial charge is 0.253 e. The lowest BCUT2D eigenvalue weighted by Gasteiger charge is -2.21. The molecule has 1 rings (SSSR count). The molecule has 0 saturated heterocycles. The summed E-state index contributed by atoms with van der Waals surface area (Å²) in [5, 5.41) is 3.34. The fourth-order valence-electron chi connectivity index (χ4n) is 1.24. The molecule has 4 nitrogen and oxygen atoms in total. The van der Waals surface area contributed by atoms with Crippen molar-refractivity contribution in [3.63, 3.8) is 0 Å². The Balaban J connectivity index is 3.02. The van der Waals surface area contributed by atoms with Gasteiger partial charge in [-0.15, -0.1) is 0 Å². The van der Waals surface area contributed by atoms with Gasteiger partial charge in [-0.1, -0.05) is 11.6 Å². The summed E-state index contributed by atoms with van der Waals surface area (Å²) in [7, 11) is 0. The Bertz CT molecular complexity index is 399. The van der Waals surface area contributed by atoms with E-state index < -0.39 is 0 Å². The zero-order chi connectivity index (χ0) is 12.3. The van der Waals surface area contributed by atoms with E-state index >= 15 is 0 Å². The number of amides is 1. The number of halogens is 1. The lowest BCUT2D eigenvalue weighted by atomic mass is 10.1. The molecule has 0 heterocycles. The Morgan fingerprint density at radius 1 is 1.38 bits per heavy atom. The van der Waals surface area contributed by atoms with Gasteiger partial charge in [0.25, 0.3) is 5.91 Å². The minimum atomic E-state index is -0.300. The van der Waals surface area contributed by atoms with Gasteiger partial charge in [-0.3, -0.25) is 10.6 Å². The first-order chi connectivity index (χ1) is 7.33. The number of hydrogen-bond acceptors (Lipinski definition) is 3. The van der Waals surface area contributed by atoms with Crippen molar-refractivity contribution < 1.29 is 4.79 Å². The van der Waals surface area contributed by atoms with Crippen LogP contribution in [0.5, 0.6) is 0 Å². The fraction of sp³-hybridized carbons (Fsp3) is 0.364. The van der Waals surface area contributed by atoms with Crippen molar-refractivity contribution in [2.24, 2.45) is 5.84 Å². The molecule has 0 radical (unpaired) electrons. The van der Waals surface area contributed by atoms with Crippen LogP contribution in [0.2, 0.25) is 5.02 Å². The summed E-state index contributed by atoms with van der Waals surface area (Å²) in [5.74, 6) is 5.12. The van der Waals surface area contributed by atoms with E-state index in [0.717, 1.165) is 0 Å². The van der Waals surface area contributed by atoms with E-state index in [-0.39, 0.29) is 11.4 Å². The van der Waals surface area contributed by atoms with Gasteiger partial charge in [0.2, 0.25) is 0 Å². The van der Waals surface area contributed by atoms with Crippen molar-refractivity contribution in [2.75, 3.05) is 5.43 Å². The van der Waals surface area contributed by atoms with Crippen LogP contribution in [0.4, 0.5) is 5.69 Å². The molecular formula is C11H16ClN3O. The molecule has 1 aromatic carbocycles. The highest BCUT2D eigenvalue weighted by molar-refractivity contribution is 6.31. The van der Waals surface area contributed by atoms with E-state index in [1.54, 1.807) is 18.2 Å². The zero-order valence-corrected chi connectivity index (χ0v) is 10.4. The van der Waals surface area contributed by atoms with Crippen LogP contribution in [0, 0.1) is 0 Å². The van der Waals surface area contributed by atoms with Crippen LogP contribution in [-0.4, -0.2) is 11.4 Å². The molecule has 1 aromatic rings. The predicted octanol–water partition coefficient (Wildman–Crippen LogP) is 2.15. The average Bonchev–Trinajstić information content (AvgIpc) is 2.15. The first kappa shape index (κ1) is 12.8. The summed E-state index contributed by atoms with van der Waals surface area (Å²) in [6, 6.07) is 4.92. The Labute approximate surface area is 100 Å². The van der Waals surface area contributed by atoms with Crippen LogP contribution < -0.4 is 16.6 Å². The number of rotatable bonds is 2. The molecular weight excluding hydrogens is 226 g/mol. The molecule has 0 spiro atoms. The number of nitrogens with two attached hydrogens (primary N) is 1. The number of hydrogen-bond donors (Lipinski definition) is 3. The molecule has 5 heteroatoms. The molecule has 0 aliphatic rings. The first-order valence-corrected chi connectivity index (χ1v) is 5.30. The van der Waals surface area contributed by atoms with Gasteiger partial charge in [0, 0.05) is 10.6 Å². The van der Waals surface area contributed by atoms with Gasteiger partial charge in [0.1, 0.15) is 0 Å². The summed E-state index contributed by atoms with van der Waals surface area (Å²) in [4.78, 5) is 11.9. The number of anilines is 1. The van der Waals surface area contributed by atoms with Gasteiger partial charge in [0.15, 0.2) is 0 Å². The fourth-order valence-corrected chi connectivity index (χ4v) is 1.41. The molecule has 0 saturated carbocycles. The molecule has 0 aromatic heterocycles. The normalized spacial score (nSPS) is 11.1. The third-order valence-electron chi connectivity index (χ3n) is 1.87. The molecule has 0 bridgehead atoms. The van der Waals surface area contributed by atoms with Crippen LogP contribution in [0.1, 0.15) is 31.1 Å². The summed E-state index contributed by atoms with van der Waals surface area (Å²) >= 11 is 5.84. The van der Waals surface area contributed by atoms with E-state index in [4.69, 9.17) is 17.4 Å². The molecule has 16 heavy (non-hydrogen) atoms. The molecule has 88 valence electrons. The Morgan fingerprint density at radius 2 is 2.00 bits per heavy atom. The van der Waals surface area contributed by atoms with Crippen molar-refractivity contribution in [3.05, 3.63) is 28.8 Å². The quantitative estimate of drug-likeness (QED) is 0.549. The maximum absolute atomic E-state index is 11.9. The summed E-state index contributed by atoms with van der Waals surface area (Å²) in [6.07, 6.45) is 0. The summed E-state index contributed by atoms with van der Waals surface area (Å²) in [5.41, 5.74) is 3.15. The Morgan fingerprint density at radius 3 is 2.50 bits per heavy atom.